The molecule has 3 heterocycles. The maximum atomic E-state index is 14.2. The van der Waals surface area contributed by atoms with Gasteiger partial charge in [-0.2, -0.15) is 0 Å². The first-order valence-electron chi connectivity index (χ1n) is 8.62. The summed E-state index contributed by atoms with van der Waals surface area (Å²) in [7, 11) is 0. The van der Waals surface area contributed by atoms with Crippen molar-refractivity contribution >= 4 is 23.4 Å². The summed E-state index contributed by atoms with van der Waals surface area (Å²) in [6.45, 7) is 0.137. The Kier molecular flexibility index (Phi) is 4.63. The third kappa shape index (κ3) is 3.62. The average molecular weight is 396 g/mol. The number of carboxylic acid groups (broad SMARTS) is 1. The van der Waals surface area contributed by atoms with Crippen LogP contribution < -0.4 is 10.6 Å². The van der Waals surface area contributed by atoms with E-state index >= 15 is 0 Å². The van der Waals surface area contributed by atoms with Crippen LogP contribution in [0.2, 0.25) is 0 Å². The number of carboxylic acids is 1. The van der Waals surface area contributed by atoms with Gasteiger partial charge in [0.15, 0.2) is 0 Å². The number of anilines is 2. The van der Waals surface area contributed by atoms with E-state index in [1.54, 1.807) is 12.1 Å². The first kappa shape index (κ1) is 18.5. The largest absolute Gasteiger partial charge is 0.481 e. The van der Waals surface area contributed by atoms with Crippen LogP contribution in [0.15, 0.2) is 42.6 Å². The summed E-state index contributed by atoms with van der Waals surface area (Å²) in [6, 6.07) is 8.05. The molecule has 1 aromatic carbocycles. The van der Waals surface area contributed by atoms with Crippen LogP contribution >= 0.6 is 0 Å². The number of pyridine rings is 2. The topological polar surface area (TPSA) is 104 Å². The zero-order chi connectivity index (χ0) is 20.5. The number of aromatic nitrogens is 2. The first-order chi connectivity index (χ1) is 13.9. The molecule has 0 aliphatic carbocycles. The van der Waals surface area contributed by atoms with E-state index in [1.165, 1.54) is 18.3 Å². The molecule has 1 aliphatic rings. The molecule has 0 fully saturated rings. The predicted molar refractivity (Wildman–Crippen MR) is 99.6 cm³/mol. The van der Waals surface area contributed by atoms with Crippen molar-refractivity contribution in [2.75, 3.05) is 5.32 Å². The van der Waals surface area contributed by atoms with Gasteiger partial charge < -0.3 is 15.7 Å². The number of benzene rings is 1. The maximum absolute atomic E-state index is 14.2. The Morgan fingerprint density at radius 3 is 2.59 bits per heavy atom. The lowest BCUT2D eigenvalue weighted by Crippen LogP contribution is -2.13. The lowest BCUT2D eigenvalue weighted by atomic mass is 10.1. The second kappa shape index (κ2) is 7.27. The SMILES string of the molecule is O=C(O)Cc1ccc(Nc2cc(-c3c(F)cccc3F)nc3c2C(=O)NC3)nc1. The standard InChI is InChI=1S/C20H14F2N4O3/c21-11-2-1-3-12(22)18(11)13-7-14(19-15(25-13)9-24-20(19)29)26-16-5-4-10(8-23-16)6-17(27)28/h1-5,7-8H,6,9H2,(H,24,29)(H,27,28)(H,23,25,26). The molecule has 9 heteroatoms. The lowest BCUT2D eigenvalue weighted by molar-refractivity contribution is -0.136. The zero-order valence-electron chi connectivity index (χ0n) is 14.9. The van der Waals surface area contributed by atoms with Crippen molar-refractivity contribution in [3.8, 4) is 11.3 Å². The number of aliphatic carboxylic acids is 1. The van der Waals surface area contributed by atoms with Crippen LogP contribution in [-0.2, 0) is 17.8 Å². The minimum Gasteiger partial charge on any atom is -0.481 e. The van der Waals surface area contributed by atoms with E-state index in [0.717, 1.165) is 12.1 Å². The van der Waals surface area contributed by atoms with Gasteiger partial charge in [0, 0.05) is 6.20 Å². The highest BCUT2D eigenvalue weighted by molar-refractivity contribution is 6.04. The van der Waals surface area contributed by atoms with Gasteiger partial charge in [0.2, 0.25) is 0 Å². The fourth-order valence-corrected chi connectivity index (χ4v) is 3.12. The molecule has 1 amide bonds. The van der Waals surface area contributed by atoms with Gasteiger partial charge in [-0.1, -0.05) is 12.1 Å². The van der Waals surface area contributed by atoms with Gasteiger partial charge >= 0.3 is 5.97 Å². The van der Waals surface area contributed by atoms with E-state index in [2.05, 4.69) is 20.6 Å². The zero-order valence-corrected chi connectivity index (χ0v) is 14.9. The highest BCUT2D eigenvalue weighted by Gasteiger charge is 2.27. The highest BCUT2D eigenvalue weighted by Crippen LogP contribution is 2.32. The molecule has 0 saturated heterocycles. The van der Waals surface area contributed by atoms with Gasteiger partial charge in [-0.3, -0.25) is 9.59 Å². The number of nitrogens with zero attached hydrogens (tertiary/aromatic N) is 2. The molecule has 0 radical (unpaired) electrons. The molecular formula is C20H14F2N4O3. The summed E-state index contributed by atoms with van der Waals surface area (Å²) in [6.07, 6.45) is 1.23. The normalized spacial score (nSPS) is 12.4. The van der Waals surface area contributed by atoms with Crippen molar-refractivity contribution in [1.29, 1.82) is 0 Å². The maximum Gasteiger partial charge on any atom is 0.307 e. The number of carbonyl (C=O) groups excluding carboxylic acids is 1. The predicted octanol–water partition coefficient (Wildman–Crippen LogP) is 3.04. The molecule has 0 atom stereocenters. The molecular weight excluding hydrogens is 382 g/mol. The molecule has 0 unspecified atom stereocenters. The van der Waals surface area contributed by atoms with Gasteiger partial charge in [0.05, 0.1) is 41.2 Å². The first-order valence-corrected chi connectivity index (χ1v) is 8.62. The van der Waals surface area contributed by atoms with Crippen LogP contribution in [-0.4, -0.2) is 27.0 Å². The van der Waals surface area contributed by atoms with E-state index in [-0.39, 0.29) is 35.7 Å². The molecule has 0 bridgehead atoms. The second-order valence-electron chi connectivity index (χ2n) is 6.40. The summed E-state index contributed by atoms with van der Waals surface area (Å²) in [5, 5.41) is 14.4. The fraction of sp³-hybridized carbons (Fsp3) is 0.100. The van der Waals surface area contributed by atoms with E-state index in [4.69, 9.17) is 5.11 Å². The molecule has 146 valence electrons. The van der Waals surface area contributed by atoms with E-state index < -0.39 is 17.6 Å². The number of rotatable bonds is 5. The third-order valence-electron chi connectivity index (χ3n) is 4.40. The number of hydrogen-bond acceptors (Lipinski definition) is 5. The number of carbonyl (C=O) groups is 2. The Balaban J connectivity index is 1.76. The van der Waals surface area contributed by atoms with E-state index in [0.29, 0.717) is 22.8 Å². The van der Waals surface area contributed by atoms with Crippen LogP contribution in [0.3, 0.4) is 0 Å². The molecule has 7 nitrogen and oxygen atoms in total. The average Bonchev–Trinajstić information content (AvgIpc) is 3.04. The summed E-state index contributed by atoms with van der Waals surface area (Å²) in [5.41, 5.74) is 1.18. The van der Waals surface area contributed by atoms with Gasteiger partial charge in [-0.05, 0) is 29.8 Å². The summed E-state index contributed by atoms with van der Waals surface area (Å²) < 4.78 is 28.5. The molecule has 3 N–H and O–H groups in total. The summed E-state index contributed by atoms with van der Waals surface area (Å²) in [4.78, 5) is 31.4. The molecule has 0 spiro atoms. The van der Waals surface area contributed by atoms with Crippen molar-refractivity contribution in [2.45, 2.75) is 13.0 Å². The number of halogens is 2. The van der Waals surface area contributed by atoms with Crippen LogP contribution in [0.25, 0.3) is 11.3 Å². The number of fused-ring (bicyclic) bond motifs is 1. The Hall–Kier alpha value is -3.88. The molecule has 4 rings (SSSR count). The molecule has 1 aliphatic heterocycles. The van der Waals surface area contributed by atoms with Crippen LogP contribution in [0.1, 0.15) is 21.6 Å². The highest BCUT2D eigenvalue weighted by atomic mass is 19.1. The third-order valence-corrected chi connectivity index (χ3v) is 4.40. The van der Waals surface area contributed by atoms with Crippen molar-refractivity contribution in [2.24, 2.45) is 0 Å². The quantitative estimate of drug-likeness (QED) is 0.612. The van der Waals surface area contributed by atoms with Gasteiger partial charge in [-0.15, -0.1) is 0 Å². The van der Waals surface area contributed by atoms with Crippen molar-refractivity contribution in [3.05, 3.63) is 71.1 Å². The Morgan fingerprint density at radius 1 is 1.17 bits per heavy atom. The Labute approximate surface area is 163 Å². The monoisotopic (exact) mass is 396 g/mol. The van der Waals surface area contributed by atoms with Crippen LogP contribution in [0.4, 0.5) is 20.3 Å². The van der Waals surface area contributed by atoms with Gasteiger partial charge in [0.25, 0.3) is 5.91 Å². The summed E-state index contributed by atoms with van der Waals surface area (Å²) in [5.74, 6) is -2.54. The van der Waals surface area contributed by atoms with Gasteiger partial charge in [-0.25, -0.2) is 18.7 Å². The lowest BCUT2D eigenvalue weighted by Gasteiger charge is -2.13. The number of hydrogen-bond donors (Lipinski definition) is 3. The minimum absolute atomic E-state index is 0.0425. The van der Waals surface area contributed by atoms with E-state index in [9.17, 15) is 18.4 Å². The second-order valence-corrected chi connectivity index (χ2v) is 6.40. The summed E-state index contributed by atoms with van der Waals surface area (Å²) >= 11 is 0. The van der Waals surface area contributed by atoms with Crippen LogP contribution in [0.5, 0.6) is 0 Å². The molecule has 2 aromatic heterocycles. The fourth-order valence-electron chi connectivity index (χ4n) is 3.12. The van der Waals surface area contributed by atoms with Gasteiger partial charge in [0.1, 0.15) is 17.5 Å². The van der Waals surface area contributed by atoms with Crippen molar-refractivity contribution in [3.63, 3.8) is 0 Å². The number of nitrogens with one attached hydrogen (secondary N) is 2. The molecule has 29 heavy (non-hydrogen) atoms. The van der Waals surface area contributed by atoms with Crippen LogP contribution in [0, 0.1) is 11.6 Å². The van der Waals surface area contributed by atoms with E-state index in [1.807, 2.05) is 0 Å². The molecule has 0 saturated carbocycles. The Bertz CT molecular complexity index is 1110. The van der Waals surface area contributed by atoms with Crippen molar-refractivity contribution in [1.82, 2.24) is 15.3 Å². The smallest absolute Gasteiger partial charge is 0.307 e. The number of amides is 1. The minimum atomic E-state index is -0.979. The Morgan fingerprint density at radius 2 is 1.93 bits per heavy atom. The molecule has 3 aromatic rings. The van der Waals surface area contributed by atoms with Crippen molar-refractivity contribution < 1.29 is 23.5 Å².